The van der Waals surface area contributed by atoms with Crippen molar-refractivity contribution in [1.82, 2.24) is 4.40 Å². The van der Waals surface area contributed by atoms with Gasteiger partial charge < -0.3 is 9.14 Å². The van der Waals surface area contributed by atoms with Crippen molar-refractivity contribution in [3.05, 3.63) is 71.6 Å². The molecule has 2 aromatic heterocycles. The second-order valence-corrected chi connectivity index (χ2v) is 4.50. The molecule has 1 aromatic carbocycles. The average Bonchev–Trinajstić information content (AvgIpc) is 2.83. The Morgan fingerprint density at radius 2 is 2.05 bits per heavy atom. The van der Waals surface area contributed by atoms with Crippen molar-refractivity contribution in [1.29, 1.82) is 5.26 Å². The molecule has 0 radical (unpaired) electrons. The van der Waals surface area contributed by atoms with Gasteiger partial charge in [-0.2, -0.15) is 5.26 Å². The first-order chi connectivity index (χ1) is 10.2. The minimum Gasteiger partial charge on any atom is -0.486 e. The van der Waals surface area contributed by atoms with Crippen LogP contribution in [0.15, 0.2) is 48.8 Å². The Labute approximate surface area is 119 Å². The Bertz CT molecular complexity index is 849. The summed E-state index contributed by atoms with van der Waals surface area (Å²) in [4.78, 5) is 0. The molecule has 0 amide bonds. The van der Waals surface area contributed by atoms with Gasteiger partial charge in [-0.05, 0) is 24.3 Å². The third kappa shape index (κ3) is 2.43. The van der Waals surface area contributed by atoms with E-state index in [1.54, 1.807) is 10.6 Å². The van der Waals surface area contributed by atoms with Gasteiger partial charge in [0.05, 0.1) is 11.1 Å². The van der Waals surface area contributed by atoms with Crippen LogP contribution >= 0.6 is 0 Å². The summed E-state index contributed by atoms with van der Waals surface area (Å²) in [5.74, 6) is -1.47. The molecule has 0 spiro atoms. The van der Waals surface area contributed by atoms with Crippen LogP contribution in [-0.2, 0) is 6.61 Å². The first kappa shape index (κ1) is 13.1. The van der Waals surface area contributed by atoms with Crippen LogP contribution in [0.2, 0.25) is 0 Å². The molecule has 21 heavy (non-hydrogen) atoms. The highest BCUT2D eigenvalue weighted by Crippen LogP contribution is 2.22. The van der Waals surface area contributed by atoms with E-state index in [0.29, 0.717) is 11.1 Å². The van der Waals surface area contributed by atoms with Crippen LogP contribution in [0, 0.1) is 23.0 Å². The van der Waals surface area contributed by atoms with Crippen LogP contribution in [0.3, 0.4) is 0 Å². The molecule has 0 aliphatic rings. The third-order valence-electron chi connectivity index (χ3n) is 3.15. The maximum Gasteiger partial charge on any atom is 0.167 e. The summed E-state index contributed by atoms with van der Waals surface area (Å²) in [7, 11) is 0. The number of ether oxygens (including phenoxy) is 1. The van der Waals surface area contributed by atoms with Crippen LogP contribution < -0.4 is 4.74 Å². The van der Waals surface area contributed by atoms with E-state index in [9.17, 15) is 14.0 Å². The largest absolute Gasteiger partial charge is 0.486 e. The number of hydrogen-bond donors (Lipinski definition) is 0. The Morgan fingerprint density at radius 3 is 2.81 bits per heavy atom. The second-order valence-electron chi connectivity index (χ2n) is 4.50. The van der Waals surface area contributed by atoms with Crippen LogP contribution in [0.25, 0.3) is 5.52 Å². The molecule has 0 bridgehead atoms. The Morgan fingerprint density at radius 1 is 1.19 bits per heavy atom. The van der Waals surface area contributed by atoms with Gasteiger partial charge in [-0.15, -0.1) is 0 Å². The molecule has 0 unspecified atom stereocenters. The van der Waals surface area contributed by atoms with Crippen LogP contribution in [0.5, 0.6) is 5.75 Å². The summed E-state index contributed by atoms with van der Waals surface area (Å²) >= 11 is 0. The molecule has 0 aliphatic heterocycles. The second kappa shape index (κ2) is 5.25. The summed E-state index contributed by atoms with van der Waals surface area (Å²) < 4.78 is 33.5. The van der Waals surface area contributed by atoms with Crippen molar-refractivity contribution in [2.24, 2.45) is 0 Å². The van der Waals surface area contributed by atoms with Gasteiger partial charge in [-0.3, -0.25) is 0 Å². The van der Waals surface area contributed by atoms with Gasteiger partial charge in [0, 0.05) is 24.0 Å². The number of nitriles is 1. The third-order valence-corrected chi connectivity index (χ3v) is 3.15. The van der Waals surface area contributed by atoms with Crippen molar-refractivity contribution in [2.75, 3.05) is 0 Å². The predicted octanol–water partition coefficient (Wildman–Crippen LogP) is 3.67. The summed E-state index contributed by atoms with van der Waals surface area (Å²) in [6, 6.07) is 10.7. The van der Waals surface area contributed by atoms with Gasteiger partial charge >= 0.3 is 0 Å². The zero-order valence-corrected chi connectivity index (χ0v) is 10.9. The minimum atomic E-state index is -0.766. The fourth-order valence-corrected chi connectivity index (χ4v) is 2.16. The fourth-order valence-electron chi connectivity index (χ4n) is 2.16. The average molecular weight is 284 g/mol. The number of benzene rings is 1. The SMILES string of the molecule is N#Cc1c(COc2ccc(F)cc2F)cn2ccccc12. The maximum absolute atomic E-state index is 13.5. The normalized spacial score (nSPS) is 10.5. The molecule has 104 valence electrons. The molecule has 0 N–H and O–H groups in total. The van der Waals surface area contributed by atoms with Gasteiger partial charge in [0.25, 0.3) is 0 Å². The molecule has 0 aliphatic carbocycles. The van der Waals surface area contributed by atoms with E-state index in [1.807, 2.05) is 24.4 Å². The van der Waals surface area contributed by atoms with Crippen molar-refractivity contribution >= 4 is 5.52 Å². The molecule has 3 aromatic rings. The summed E-state index contributed by atoms with van der Waals surface area (Å²) in [6.07, 6.45) is 3.58. The number of fused-ring (bicyclic) bond motifs is 1. The zero-order chi connectivity index (χ0) is 14.8. The van der Waals surface area contributed by atoms with Crippen LogP contribution in [0.1, 0.15) is 11.1 Å². The van der Waals surface area contributed by atoms with E-state index in [1.165, 1.54) is 6.07 Å². The number of hydrogen-bond acceptors (Lipinski definition) is 2. The lowest BCUT2D eigenvalue weighted by atomic mass is 10.2. The van der Waals surface area contributed by atoms with Gasteiger partial charge in [0.15, 0.2) is 11.6 Å². The minimum absolute atomic E-state index is 0.0348. The lowest BCUT2D eigenvalue weighted by molar-refractivity contribution is 0.289. The molecule has 0 saturated carbocycles. The highest BCUT2D eigenvalue weighted by Gasteiger charge is 2.12. The molecule has 0 atom stereocenters. The Balaban J connectivity index is 1.90. The first-order valence-electron chi connectivity index (χ1n) is 6.25. The van der Waals surface area contributed by atoms with E-state index in [-0.39, 0.29) is 12.4 Å². The summed E-state index contributed by atoms with van der Waals surface area (Å²) in [5.41, 5.74) is 1.89. The highest BCUT2D eigenvalue weighted by atomic mass is 19.1. The van der Waals surface area contributed by atoms with E-state index >= 15 is 0 Å². The number of halogens is 2. The lowest BCUT2D eigenvalue weighted by Crippen LogP contribution is -1.98. The number of pyridine rings is 1. The molecule has 0 saturated heterocycles. The maximum atomic E-state index is 13.5. The highest BCUT2D eigenvalue weighted by molar-refractivity contribution is 5.65. The monoisotopic (exact) mass is 284 g/mol. The first-order valence-corrected chi connectivity index (χ1v) is 6.25. The van der Waals surface area contributed by atoms with Crippen LogP contribution in [-0.4, -0.2) is 4.40 Å². The van der Waals surface area contributed by atoms with Crippen molar-refractivity contribution in [2.45, 2.75) is 6.61 Å². The Hall–Kier alpha value is -2.87. The summed E-state index contributed by atoms with van der Waals surface area (Å²) in [5, 5.41) is 9.25. The molecule has 0 fully saturated rings. The van der Waals surface area contributed by atoms with Gasteiger partial charge in [0.2, 0.25) is 0 Å². The molecule has 2 heterocycles. The lowest BCUT2D eigenvalue weighted by Gasteiger charge is -2.06. The van der Waals surface area contributed by atoms with Gasteiger partial charge in [-0.25, -0.2) is 8.78 Å². The predicted molar refractivity (Wildman–Crippen MR) is 72.8 cm³/mol. The topological polar surface area (TPSA) is 37.4 Å². The van der Waals surface area contributed by atoms with Crippen molar-refractivity contribution in [3.63, 3.8) is 0 Å². The molecule has 3 rings (SSSR count). The zero-order valence-electron chi connectivity index (χ0n) is 10.9. The fraction of sp³-hybridized carbons (Fsp3) is 0.0625. The van der Waals surface area contributed by atoms with E-state index < -0.39 is 11.6 Å². The number of nitrogens with zero attached hydrogens (tertiary/aromatic N) is 2. The van der Waals surface area contributed by atoms with Crippen molar-refractivity contribution in [3.8, 4) is 11.8 Å². The van der Waals surface area contributed by atoms with E-state index in [4.69, 9.17) is 4.74 Å². The molecular formula is C16H10F2N2O. The van der Waals surface area contributed by atoms with Crippen LogP contribution in [0.4, 0.5) is 8.78 Å². The van der Waals surface area contributed by atoms with Gasteiger partial charge in [-0.1, -0.05) is 6.07 Å². The molecular weight excluding hydrogens is 274 g/mol. The Kier molecular flexibility index (Phi) is 3.28. The van der Waals surface area contributed by atoms with E-state index in [2.05, 4.69) is 6.07 Å². The molecule has 5 heteroatoms. The molecule has 3 nitrogen and oxygen atoms in total. The number of aromatic nitrogens is 1. The van der Waals surface area contributed by atoms with Gasteiger partial charge in [0.1, 0.15) is 18.5 Å². The summed E-state index contributed by atoms with van der Waals surface area (Å²) in [6.45, 7) is 0.0348. The number of rotatable bonds is 3. The standard InChI is InChI=1S/C16H10F2N2O/c17-12-4-5-16(14(18)7-12)21-10-11-9-20-6-2-1-3-15(20)13(11)8-19/h1-7,9H,10H2. The van der Waals surface area contributed by atoms with Crippen molar-refractivity contribution < 1.29 is 13.5 Å². The smallest absolute Gasteiger partial charge is 0.167 e. The quantitative estimate of drug-likeness (QED) is 0.736. The van der Waals surface area contributed by atoms with E-state index in [0.717, 1.165) is 17.6 Å².